The zero-order valence-corrected chi connectivity index (χ0v) is 18.5. The van der Waals surface area contributed by atoms with Crippen LogP contribution in [-0.4, -0.2) is 57.9 Å². The number of hydrogen-bond acceptors (Lipinski definition) is 6. The van der Waals surface area contributed by atoms with Gasteiger partial charge in [0.1, 0.15) is 17.0 Å². The van der Waals surface area contributed by atoms with Crippen LogP contribution in [0.4, 0.5) is 5.69 Å². The van der Waals surface area contributed by atoms with Crippen LogP contribution in [-0.2, 0) is 10.3 Å². The quantitative estimate of drug-likeness (QED) is 0.628. The normalized spacial score (nSPS) is 22.6. The van der Waals surface area contributed by atoms with Gasteiger partial charge in [-0.3, -0.25) is 9.78 Å². The van der Waals surface area contributed by atoms with Crippen LogP contribution >= 0.6 is 0 Å². The van der Waals surface area contributed by atoms with E-state index in [2.05, 4.69) is 39.3 Å². The van der Waals surface area contributed by atoms with Crippen molar-refractivity contribution in [3.63, 3.8) is 0 Å². The molecule has 5 heterocycles. The number of carbonyl (C=O) groups excluding carboxylic acids is 1. The Morgan fingerprint density at radius 1 is 1.21 bits per heavy atom. The lowest BCUT2D eigenvalue weighted by Gasteiger charge is -2.41. The van der Waals surface area contributed by atoms with Crippen molar-refractivity contribution in [3.8, 4) is 17.2 Å². The second-order valence-electron chi connectivity index (χ2n) is 9.23. The van der Waals surface area contributed by atoms with E-state index in [1.807, 2.05) is 17.0 Å². The number of benzene rings is 1. The molecule has 1 aromatic carbocycles. The van der Waals surface area contributed by atoms with Crippen LogP contribution in [0.5, 0.6) is 11.5 Å². The third kappa shape index (κ3) is 3.16. The van der Waals surface area contributed by atoms with Crippen LogP contribution in [0.1, 0.15) is 35.3 Å². The topological polar surface area (TPSA) is 88.8 Å². The van der Waals surface area contributed by atoms with Crippen molar-refractivity contribution in [1.82, 2.24) is 14.5 Å². The monoisotopic (exact) mass is 446 g/mol. The molecule has 0 saturated carbocycles. The maximum Gasteiger partial charge on any atom is 0.255 e. The van der Waals surface area contributed by atoms with Gasteiger partial charge in [0.05, 0.1) is 48.1 Å². The van der Waals surface area contributed by atoms with Gasteiger partial charge in [-0.1, -0.05) is 0 Å². The van der Waals surface area contributed by atoms with Gasteiger partial charge in [0.25, 0.3) is 5.91 Å². The van der Waals surface area contributed by atoms with Gasteiger partial charge in [-0.05, 0) is 43.2 Å². The molecule has 1 amide bonds. The number of rotatable bonds is 2. The molecule has 8 heteroatoms. The Morgan fingerprint density at radius 3 is 2.85 bits per heavy atom. The minimum atomic E-state index is -0.329. The molecule has 3 aliphatic heterocycles. The second kappa shape index (κ2) is 7.25. The van der Waals surface area contributed by atoms with Crippen molar-refractivity contribution in [2.24, 2.45) is 0 Å². The van der Waals surface area contributed by atoms with Crippen LogP contribution in [0.15, 0.2) is 55.0 Å². The second-order valence-corrected chi connectivity index (χ2v) is 9.23. The summed E-state index contributed by atoms with van der Waals surface area (Å²) in [5.41, 5.74) is 3.12. The summed E-state index contributed by atoms with van der Waals surface area (Å²) in [4.78, 5) is 18.6. The summed E-state index contributed by atoms with van der Waals surface area (Å²) in [7, 11) is 1.68. The third-order valence-electron chi connectivity index (χ3n) is 7.26. The van der Waals surface area contributed by atoms with Crippen LogP contribution in [0.2, 0.25) is 0 Å². The molecule has 0 bridgehead atoms. The first-order valence-electron chi connectivity index (χ1n) is 11.2. The molecule has 0 unspecified atom stereocenters. The molecule has 8 nitrogen and oxygen atoms in total. The van der Waals surface area contributed by atoms with Crippen molar-refractivity contribution >= 4 is 11.6 Å². The molecule has 3 aliphatic rings. The molecule has 2 N–H and O–H groups in total. The number of likely N-dealkylation sites (tertiary alicyclic amines) is 1. The number of pyridine rings is 1. The highest BCUT2D eigenvalue weighted by atomic mass is 16.5. The van der Waals surface area contributed by atoms with Gasteiger partial charge in [-0.15, -0.1) is 0 Å². The Morgan fingerprint density at radius 2 is 2.06 bits per heavy atom. The van der Waals surface area contributed by atoms with Gasteiger partial charge in [0.15, 0.2) is 0 Å². The fourth-order valence-electron chi connectivity index (χ4n) is 5.59. The van der Waals surface area contributed by atoms with Gasteiger partial charge in [0, 0.05) is 38.0 Å². The lowest BCUT2D eigenvalue weighted by molar-refractivity contribution is -0.0392. The van der Waals surface area contributed by atoms with Gasteiger partial charge in [-0.2, -0.15) is 0 Å². The zero-order chi connectivity index (χ0) is 22.6. The van der Waals surface area contributed by atoms with Crippen molar-refractivity contribution in [2.75, 3.05) is 32.1 Å². The number of ether oxygens (including phenoxy) is 2. The van der Waals surface area contributed by atoms with E-state index >= 15 is 0 Å². The van der Waals surface area contributed by atoms with Crippen molar-refractivity contribution < 1.29 is 19.4 Å². The molecule has 2 saturated heterocycles. The fourth-order valence-corrected chi connectivity index (χ4v) is 5.59. The molecule has 2 spiro atoms. The Labute approximate surface area is 191 Å². The summed E-state index contributed by atoms with van der Waals surface area (Å²) in [5, 5.41) is 13.4. The Kier molecular flexibility index (Phi) is 4.42. The summed E-state index contributed by atoms with van der Waals surface area (Å²) in [6.07, 6.45) is 7.28. The molecular weight excluding hydrogens is 420 g/mol. The average molecular weight is 447 g/mol. The lowest BCUT2D eigenvalue weighted by Crippen LogP contribution is -2.48. The number of fused-ring (bicyclic) bond motifs is 4. The minimum absolute atomic E-state index is 0.00122. The average Bonchev–Trinajstić information content (AvgIpc) is 3.46. The highest BCUT2D eigenvalue weighted by molar-refractivity contribution is 5.94. The van der Waals surface area contributed by atoms with Crippen molar-refractivity contribution in [3.05, 3.63) is 66.2 Å². The molecule has 0 aliphatic carbocycles. The number of amides is 1. The van der Waals surface area contributed by atoms with E-state index < -0.39 is 0 Å². The van der Waals surface area contributed by atoms with Gasteiger partial charge in [-0.25, -0.2) is 0 Å². The molecule has 3 aromatic rings. The number of aromatic hydroxyl groups is 1. The number of methoxy groups -OCH3 is 1. The summed E-state index contributed by atoms with van der Waals surface area (Å²) in [6, 6.07) is 11.8. The Hall–Kier alpha value is -3.52. The third-order valence-corrected chi connectivity index (χ3v) is 7.26. The van der Waals surface area contributed by atoms with E-state index in [1.165, 1.54) is 24.2 Å². The van der Waals surface area contributed by atoms with Gasteiger partial charge in [0.2, 0.25) is 0 Å². The maximum absolute atomic E-state index is 12.9. The number of anilines is 1. The van der Waals surface area contributed by atoms with E-state index in [9.17, 15) is 9.90 Å². The fraction of sp³-hybridized carbons (Fsp3) is 0.360. The maximum atomic E-state index is 12.9. The van der Waals surface area contributed by atoms with Gasteiger partial charge < -0.3 is 29.4 Å². The lowest BCUT2D eigenvalue weighted by atomic mass is 9.79. The van der Waals surface area contributed by atoms with Crippen LogP contribution in [0.3, 0.4) is 0 Å². The van der Waals surface area contributed by atoms with E-state index in [-0.39, 0.29) is 22.8 Å². The largest absolute Gasteiger partial charge is 0.506 e. The highest BCUT2D eigenvalue weighted by Gasteiger charge is 2.54. The van der Waals surface area contributed by atoms with Crippen LogP contribution in [0, 0.1) is 0 Å². The van der Waals surface area contributed by atoms with Crippen molar-refractivity contribution in [2.45, 2.75) is 30.4 Å². The minimum Gasteiger partial charge on any atom is -0.506 e. The number of carbonyl (C=O) groups is 1. The summed E-state index contributed by atoms with van der Waals surface area (Å²) in [6.45, 7) is 1.78. The molecule has 170 valence electrons. The number of nitrogens with one attached hydrogen (secondary N) is 1. The van der Waals surface area contributed by atoms with E-state index in [0.717, 1.165) is 36.4 Å². The van der Waals surface area contributed by atoms with Gasteiger partial charge >= 0.3 is 0 Å². The summed E-state index contributed by atoms with van der Waals surface area (Å²) >= 11 is 0. The van der Waals surface area contributed by atoms with Crippen LogP contribution < -0.4 is 10.1 Å². The molecule has 1 atom stereocenters. The zero-order valence-electron chi connectivity index (χ0n) is 18.5. The SMILES string of the molecule is COc1ccc2c(c1)N[C@]1(COC3(CCN(C(=O)c4cncc(O)c4)CC3)C1)c1cccn1-2. The summed E-state index contributed by atoms with van der Waals surface area (Å²) < 4.78 is 14.2. The smallest absolute Gasteiger partial charge is 0.255 e. The highest BCUT2D eigenvalue weighted by Crippen LogP contribution is 2.50. The Bertz CT molecular complexity index is 1230. The molecule has 33 heavy (non-hydrogen) atoms. The molecular formula is C25H26N4O4. The standard InChI is InChI=1S/C25H26N4O4/c1-32-19-4-5-21-20(12-19)27-25(22-3-2-8-29(21)22)15-24(33-16-25)6-9-28(10-7-24)23(31)17-11-18(30)14-26-13-17/h2-5,8,11-14,27,30H,6-7,9-10,15-16H2,1H3/t25-/m1/s1. The van der Waals surface area contributed by atoms with Crippen LogP contribution in [0.25, 0.3) is 5.69 Å². The predicted octanol–water partition coefficient (Wildman–Crippen LogP) is 3.30. The first kappa shape index (κ1) is 20.1. The molecule has 6 rings (SSSR count). The molecule has 0 radical (unpaired) electrons. The first-order chi connectivity index (χ1) is 16.0. The number of aromatic nitrogens is 2. The predicted molar refractivity (Wildman–Crippen MR) is 122 cm³/mol. The van der Waals surface area contributed by atoms with E-state index in [1.54, 1.807) is 7.11 Å². The number of piperidine rings is 1. The van der Waals surface area contributed by atoms with E-state index in [0.29, 0.717) is 25.3 Å². The molecule has 2 aromatic heterocycles. The van der Waals surface area contributed by atoms with E-state index in [4.69, 9.17) is 9.47 Å². The first-order valence-corrected chi connectivity index (χ1v) is 11.2. The number of hydrogen-bond donors (Lipinski definition) is 2. The van der Waals surface area contributed by atoms with Crippen molar-refractivity contribution in [1.29, 1.82) is 0 Å². The molecule has 2 fully saturated rings. The Balaban J connectivity index is 1.23. The summed E-state index contributed by atoms with van der Waals surface area (Å²) in [5.74, 6) is 0.708. The number of nitrogens with zero attached hydrogens (tertiary/aromatic N) is 3.